The van der Waals surface area contributed by atoms with Crippen LogP contribution in [0.25, 0.3) is 0 Å². The van der Waals surface area contributed by atoms with Gasteiger partial charge in [0.2, 0.25) is 5.88 Å². The molecule has 0 atom stereocenters. The summed E-state index contributed by atoms with van der Waals surface area (Å²) in [7, 11) is 2.29. The van der Waals surface area contributed by atoms with Crippen LogP contribution in [-0.4, -0.2) is 53.0 Å². The number of primary amides is 1. The highest BCUT2D eigenvalue weighted by molar-refractivity contribution is 5.96. The summed E-state index contributed by atoms with van der Waals surface area (Å²) in [5, 5.41) is 3.22. The first-order valence-electron chi connectivity index (χ1n) is 13.4. The highest BCUT2D eigenvalue weighted by atomic mass is 16.5. The van der Waals surface area contributed by atoms with Gasteiger partial charge in [-0.1, -0.05) is 19.4 Å². The molecule has 0 unspecified atom stereocenters. The summed E-state index contributed by atoms with van der Waals surface area (Å²) in [5.74, 6) is 0.439. The van der Waals surface area contributed by atoms with Gasteiger partial charge in [-0.3, -0.25) is 4.79 Å². The lowest BCUT2D eigenvalue weighted by atomic mass is 9.79. The summed E-state index contributed by atoms with van der Waals surface area (Å²) in [4.78, 5) is 26.3. The van der Waals surface area contributed by atoms with Crippen molar-refractivity contribution in [2.24, 2.45) is 5.73 Å². The predicted octanol–water partition coefficient (Wildman–Crippen LogP) is 4.71. The van der Waals surface area contributed by atoms with Crippen molar-refractivity contribution in [1.29, 1.82) is 0 Å². The maximum atomic E-state index is 12.2. The molecule has 5 N–H and O–H groups in total. The minimum atomic E-state index is -0.656. The zero-order valence-electron chi connectivity index (χ0n) is 22.2. The van der Waals surface area contributed by atoms with Gasteiger partial charge in [0, 0.05) is 41.8 Å². The Balaban J connectivity index is 1.33. The molecule has 9 heteroatoms. The lowest BCUT2D eigenvalue weighted by Crippen LogP contribution is -2.56. The standard InChI is InChI=1S/C29H37N7O2/c1-3-24-28(38-23-8-6-7-20(30)19-23)34-27(25(33-24)26(31)37)32-21-9-11-22(12-10-21)36-17-14-29(15-18-36)13-4-5-16-35(29)2/h6-12,19H,3-5,13-18,30H2,1-2H3,(H2,31,37)(H,32,34). The van der Waals surface area contributed by atoms with Crippen LogP contribution >= 0.6 is 0 Å². The van der Waals surface area contributed by atoms with E-state index in [9.17, 15) is 4.79 Å². The van der Waals surface area contributed by atoms with Crippen LogP contribution in [0.1, 0.15) is 55.2 Å². The van der Waals surface area contributed by atoms with E-state index in [0.717, 1.165) is 18.8 Å². The molecule has 200 valence electrons. The third-order valence-electron chi connectivity index (χ3n) is 7.96. The van der Waals surface area contributed by atoms with Crippen LogP contribution in [0.5, 0.6) is 11.6 Å². The molecule has 1 amide bonds. The van der Waals surface area contributed by atoms with Crippen LogP contribution in [0.3, 0.4) is 0 Å². The van der Waals surface area contributed by atoms with E-state index >= 15 is 0 Å². The van der Waals surface area contributed by atoms with Gasteiger partial charge in [0.1, 0.15) is 11.4 Å². The lowest BCUT2D eigenvalue weighted by molar-refractivity contribution is 0.0495. The number of hydrogen-bond donors (Lipinski definition) is 3. The van der Waals surface area contributed by atoms with Gasteiger partial charge < -0.3 is 31.3 Å². The number of nitrogen functional groups attached to an aromatic ring is 1. The van der Waals surface area contributed by atoms with Crippen molar-refractivity contribution in [3.8, 4) is 11.6 Å². The minimum absolute atomic E-state index is 0.0729. The zero-order valence-corrected chi connectivity index (χ0v) is 22.2. The molecule has 0 saturated carbocycles. The van der Waals surface area contributed by atoms with E-state index in [-0.39, 0.29) is 11.5 Å². The second-order valence-corrected chi connectivity index (χ2v) is 10.3. The first-order chi connectivity index (χ1) is 18.4. The number of ether oxygens (including phenoxy) is 1. The van der Waals surface area contributed by atoms with Crippen LogP contribution in [0, 0.1) is 0 Å². The normalized spacial score (nSPS) is 17.4. The number of nitrogens with one attached hydrogen (secondary N) is 1. The van der Waals surface area contributed by atoms with Crippen molar-refractivity contribution in [3.63, 3.8) is 0 Å². The Labute approximate surface area is 224 Å². The van der Waals surface area contributed by atoms with Gasteiger partial charge in [-0.25, -0.2) is 4.98 Å². The first kappa shape index (κ1) is 25.8. The van der Waals surface area contributed by atoms with Gasteiger partial charge in [-0.15, -0.1) is 0 Å². The minimum Gasteiger partial charge on any atom is -0.437 e. The molecule has 0 bridgehead atoms. The summed E-state index contributed by atoms with van der Waals surface area (Å²) < 4.78 is 5.99. The van der Waals surface area contributed by atoms with Crippen molar-refractivity contribution >= 4 is 28.8 Å². The average Bonchev–Trinajstić information content (AvgIpc) is 2.91. The van der Waals surface area contributed by atoms with Crippen molar-refractivity contribution in [3.05, 3.63) is 59.9 Å². The summed E-state index contributed by atoms with van der Waals surface area (Å²) in [6, 6.07) is 15.3. The van der Waals surface area contributed by atoms with Gasteiger partial charge in [0.25, 0.3) is 5.91 Å². The summed E-state index contributed by atoms with van der Waals surface area (Å²) in [6.45, 7) is 5.23. The SMILES string of the molecule is CCc1nc(C(N)=O)c(Nc2ccc(N3CCC4(CCCCN4C)CC3)cc2)nc1Oc1cccc(N)c1. The Hall–Kier alpha value is -3.85. The molecule has 2 saturated heterocycles. The number of aryl methyl sites for hydroxylation is 1. The van der Waals surface area contributed by atoms with E-state index < -0.39 is 5.91 Å². The van der Waals surface area contributed by atoms with Crippen LogP contribution < -0.4 is 26.4 Å². The number of nitrogens with two attached hydrogens (primary N) is 2. The molecule has 5 rings (SSSR count). The summed E-state index contributed by atoms with van der Waals surface area (Å²) in [5.41, 5.74) is 15.1. The number of rotatable bonds is 7. The van der Waals surface area contributed by atoms with Crippen LogP contribution in [0.4, 0.5) is 22.9 Å². The van der Waals surface area contributed by atoms with Crippen molar-refractivity contribution in [2.45, 2.75) is 51.0 Å². The molecule has 2 aliphatic rings. The number of aromatic nitrogens is 2. The fraction of sp³-hybridized carbons (Fsp3) is 0.414. The van der Waals surface area contributed by atoms with Crippen LogP contribution in [-0.2, 0) is 6.42 Å². The molecule has 2 aromatic carbocycles. The zero-order chi connectivity index (χ0) is 26.7. The quantitative estimate of drug-likeness (QED) is 0.387. The van der Waals surface area contributed by atoms with E-state index in [4.69, 9.17) is 16.2 Å². The van der Waals surface area contributed by atoms with E-state index in [1.807, 2.05) is 19.1 Å². The molecular formula is C29H37N7O2. The van der Waals surface area contributed by atoms with Crippen molar-refractivity contribution in [1.82, 2.24) is 14.9 Å². The second kappa shape index (κ2) is 10.9. The lowest BCUT2D eigenvalue weighted by Gasteiger charge is -2.50. The number of hydrogen-bond acceptors (Lipinski definition) is 8. The van der Waals surface area contributed by atoms with Gasteiger partial charge in [-0.2, -0.15) is 4.98 Å². The third-order valence-corrected chi connectivity index (χ3v) is 7.96. The fourth-order valence-corrected chi connectivity index (χ4v) is 5.65. The molecule has 0 aliphatic carbocycles. The molecule has 9 nitrogen and oxygen atoms in total. The molecule has 3 heterocycles. The summed E-state index contributed by atoms with van der Waals surface area (Å²) in [6.07, 6.45) is 6.87. The number of carbonyl (C=O) groups excluding carboxylic acids is 1. The number of nitrogens with zero attached hydrogens (tertiary/aromatic N) is 4. The molecule has 1 aromatic heterocycles. The highest BCUT2D eigenvalue weighted by Gasteiger charge is 2.39. The van der Waals surface area contributed by atoms with E-state index in [1.54, 1.807) is 24.3 Å². The Morgan fingerprint density at radius 1 is 1.05 bits per heavy atom. The molecular weight excluding hydrogens is 478 g/mol. The van der Waals surface area contributed by atoms with E-state index in [0.29, 0.717) is 35.0 Å². The molecule has 2 aliphatic heterocycles. The molecule has 38 heavy (non-hydrogen) atoms. The van der Waals surface area contributed by atoms with E-state index in [2.05, 4.69) is 44.3 Å². The van der Waals surface area contributed by atoms with E-state index in [1.165, 1.54) is 44.3 Å². The van der Waals surface area contributed by atoms with Crippen molar-refractivity contribution < 1.29 is 9.53 Å². The largest absolute Gasteiger partial charge is 0.437 e. The predicted molar refractivity (Wildman–Crippen MR) is 151 cm³/mol. The van der Waals surface area contributed by atoms with Gasteiger partial charge >= 0.3 is 0 Å². The topological polar surface area (TPSA) is 123 Å². The number of benzene rings is 2. The molecule has 1 spiro atoms. The smallest absolute Gasteiger partial charge is 0.271 e. The fourth-order valence-electron chi connectivity index (χ4n) is 5.65. The molecule has 3 aromatic rings. The van der Waals surface area contributed by atoms with Gasteiger partial charge in [0.05, 0.1) is 0 Å². The first-order valence-corrected chi connectivity index (χ1v) is 13.4. The molecule has 0 radical (unpaired) electrons. The number of piperidine rings is 2. The Kier molecular flexibility index (Phi) is 7.37. The van der Waals surface area contributed by atoms with Crippen molar-refractivity contribution in [2.75, 3.05) is 42.6 Å². The van der Waals surface area contributed by atoms with Crippen LogP contribution in [0.15, 0.2) is 48.5 Å². The Morgan fingerprint density at radius 3 is 2.47 bits per heavy atom. The Bertz CT molecular complexity index is 1290. The third kappa shape index (κ3) is 5.38. The number of amides is 1. The monoisotopic (exact) mass is 515 g/mol. The number of likely N-dealkylation sites (tertiary alicyclic amines) is 1. The molecule has 2 fully saturated rings. The van der Waals surface area contributed by atoms with Crippen LogP contribution in [0.2, 0.25) is 0 Å². The maximum Gasteiger partial charge on any atom is 0.271 e. The average molecular weight is 516 g/mol. The Morgan fingerprint density at radius 2 is 1.82 bits per heavy atom. The highest BCUT2D eigenvalue weighted by Crippen LogP contribution is 2.37. The second-order valence-electron chi connectivity index (χ2n) is 10.3. The summed E-state index contributed by atoms with van der Waals surface area (Å²) >= 11 is 0. The van der Waals surface area contributed by atoms with Gasteiger partial charge in [-0.05, 0) is 82.1 Å². The maximum absolute atomic E-state index is 12.2. The number of anilines is 4. The number of carbonyl (C=O) groups is 1. The van der Waals surface area contributed by atoms with Gasteiger partial charge in [0.15, 0.2) is 11.5 Å².